The van der Waals surface area contributed by atoms with Gasteiger partial charge in [-0.25, -0.2) is 9.31 Å². The third-order valence-corrected chi connectivity index (χ3v) is 5.87. The van der Waals surface area contributed by atoms with Crippen molar-refractivity contribution >= 4 is 11.5 Å². The molecular weight excluding hydrogens is 508 g/mol. The minimum Gasteiger partial charge on any atom is -0.481 e. The molecule has 3 heterocycles. The lowest BCUT2D eigenvalue weighted by atomic mass is 10.0. The zero-order valence-electron chi connectivity index (χ0n) is 20.1. The Morgan fingerprint density at radius 1 is 1.22 bits per heavy atom. The summed E-state index contributed by atoms with van der Waals surface area (Å²) in [7, 11) is 1.43. The van der Waals surface area contributed by atoms with Crippen LogP contribution in [0.1, 0.15) is 38.3 Å². The summed E-state index contributed by atoms with van der Waals surface area (Å²) in [4.78, 5) is 28.9. The Kier molecular flexibility index (Phi) is 8.08. The molecule has 0 spiro atoms. The molecule has 2 unspecified atom stereocenters. The predicted octanol–water partition coefficient (Wildman–Crippen LogP) is 5.06. The lowest BCUT2D eigenvalue weighted by molar-refractivity contribution is -0.171. The third kappa shape index (κ3) is 6.54. The molecule has 202 valence electrons. The van der Waals surface area contributed by atoms with Crippen molar-refractivity contribution in [2.75, 3.05) is 13.7 Å². The summed E-state index contributed by atoms with van der Waals surface area (Å²) in [5.41, 5.74) is 1.24. The van der Waals surface area contributed by atoms with Gasteiger partial charge >= 0.3 is 18.4 Å². The average Bonchev–Trinajstić information content (AvgIpc) is 3.29. The van der Waals surface area contributed by atoms with Gasteiger partial charge in [-0.2, -0.15) is 31.4 Å². The highest BCUT2D eigenvalue weighted by Crippen LogP contribution is 2.30. The van der Waals surface area contributed by atoms with E-state index in [-0.39, 0.29) is 12.1 Å². The highest BCUT2D eigenvalue weighted by molar-refractivity contribution is 5.75. The maximum absolute atomic E-state index is 13.3. The molecule has 2 amide bonds. The molecule has 2 atom stereocenters. The van der Waals surface area contributed by atoms with Crippen molar-refractivity contribution in [1.29, 1.82) is 0 Å². The Labute approximate surface area is 207 Å². The molecule has 3 aromatic rings. The molecule has 3 rings (SSSR count). The van der Waals surface area contributed by atoms with Crippen LogP contribution in [0.3, 0.4) is 0 Å². The molecule has 14 heteroatoms. The number of hydrogen-bond donors (Lipinski definition) is 2. The SMILES string of the molecule is CCN(C(=O)NC(CCC(F)(F)F)C(F)(F)F)C(C)c1c[nH]c(=O)c(-c2cc(OC)n3nccc3c2)c1. The van der Waals surface area contributed by atoms with Crippen LogP contribution >= 0.6 is 0 Å². The van der Waals surface area contributed by atoms with Gasteiger partial charge in [0.1, 0.15) is 6.04 Å². The van der Waals surface area contributed by atoms with Gasteiger partial charge in [0, 0.05) is 30.8 Å². The standard InChI is InChI=1S/C23H25F6N5O3/c1-4-33(21(36)32-18(23(27,28)29)5-7-22(24,25)26)13(2)15-10-17(20(35)30-12-15)14-9-16-6-8-31-34(16)19(11-14)37-3/h6,8-13,18H,4-5,7H2,1-3H3,(H,30,35)(H,32,36). The topological polar surface area (TPSA) is 91.7 Å². The van der Waals surface area contributed by atoms with Crippen molar-refractivity contribution < 1.29 is 35.9 Å². The van der Waals surface area contributed by atoms with Crippen LogP contribution < -0.4 is 15.6 Å². The highest BCUT2D eigenvalue weighted by Gasteiger charge is 2.43. The second-order valence-corrected chi connectivity index (χ2v) is 8.29. The summed E-state index contributed by atoms with van der Waals surface area (Å²) in [5, 5.41) is 5.81. The number of rotatable bonds is 8. The Hall–Kier alpha value is -3.71. The summed E-state index contributed by atoms with van der Waals surface area (Å²) in [5.74, 6) is 0.349. The van der Waals surface area contributed by atoms with Crippen molar-refractivity contribution in [3.8, 4) is 17.0 Å². The van der Waals surface area contributed by atoms with Crippen LogP contribution in [-0.2, 0) is 0 Å². The number of aromatic nitrogens is 3. The Morgan fingerprint density at radius 2 is 1.92 bits per heavy atom. The van der Waals surface area contributed by atoms with Gasteiger partial charge in [-0.3, -0.25) is 4.79 Å². The quantitative estimate of drug-likeness (QED) is 0.396. The number of aromatic amines is 1. The second-order valence-electron chi connectivity index (χ2n) is 8.29. The smallest absolute Gasteiger partial charge is 0.408 e. The maximum Gasteiger partial charge on any atom is 0.408 e. The fraction of sp³-hybridized carbons (Fsp3) is 0.435. The molecule has 0 fully saturated rings. The van der Waals surface area contributed by atoms with E-state index in [1.54, 1.807) is 29.7 Å². The molecule has 0 saturated heterocycles. The van der Waals surface area contributed by atoms with Crippen LogP contribution in [-0.4, -0.2) is 57.6 Å². The normalized spacial score (nSPS) is 13.9. The number of amides is 2. The molecule has 0 radical (unpaired) electrons. The molecule has 0 bridgehead atoms. The van der Waals surface area contributed by atoms with Gasteiger partial charge in [0.05, 0.1) is 24.9 Å². The molecule has 37 heavy (non-hydrogen) atoms. The minimum atomic E-state index is -5.07. The first-order valence-corrected chi connectivity index (χ1v) is 11.2. The van der Waals surface area contributed by atoms with Gasteiger partial charge < -0.3 is 19.9 Å². The fourth-order valence-electron chi connectivity index (χ4n) is 3.89. The molecule has 0 aliphatic heterocycles. The summed E-state index contributed by atoms with van der Waals surface area (Å²) in [6.07, 6.45) is -10.0. The van der Waals surface area contributed by atoms with E-state index in [0.717, 1.165) is 4.90 Å². The highest BCUT2D eigenvalue weighted by atomic mass is 19.4. The van der Waals surface area contributed by atoms with Crippen LogP contribution in [0.15, 0.2) is 41.5 Å². The van der Waals surface area contributed by atoms with Crippen LogP contribution in [0.25, 0.3) is 16.6 Å². The number of urea groups is 1. The van der Waals surface area contributed by atoms with E-state index in [4.69, 9.17) is 4.74 Å². The molecule has 2 N–H and O–H groups in total. The molecule has 0 saturated carbocycles. The lowest BCUT2D eigenvalue weighted by Gasteiger charge is -2.31. The van der Waals surface area contributed by atoms with E-state index < -0.39 is 48.9 Å². The van der Waals surface area contributed by atoms with E-state index in [0.29, 0.717) is 22.5 Å². The number of fused-ring (bicyclic) bond motifs is 1. The Bertz CT molecular complexity index is 1300. The van der Waals surface area contributed by atoms with E-state index in [9.17, 15) is 35.9 Å². The van der Waals surface area contributed by atoms with Crippen LogP contribution in [0, 0.1) is 0 Å². The van der Waals surface area contributed by atoms with Crippen molar-refractivity contribution in [1.82, 2.24) is 24.8 Å². The zero-order valence-corrected chi connectivity index (χ0v) is 20.1. The van der Waals surface area contributed by atoms with Gasteiger partial charge in [0.25, 0.3) is 5.56 Å². The Balaban J connectivity index is 1.89. The zero-order chi connectivity index (χ0) is 27.5. The van der Waals surface area contributed by atoms with Gasteiger partial charge in [-0.1, -0.05) is 0 Å². The van der Waals surface area contributed by atoms with Crippen molar-refractivity contribution in [3.05, 3.63) is 52.6 Å². The minimum absolute atomic E-state index is 0.0546. The molecule has 8 nitrogen and oxygen atoms in total. The van der Waals surface area contributed by atoms with Crippen LogP contribution in [0.5, 0.6) is 5.88 Å². The van der Waals surface area contributed by atoms with E-state index in [1.807, 2.05) is 0 Å². The Morgan fingerprint density at radius 3 is 2.51 bits per heavy atom. The van der Waals surface area contributed by atoms with Crippen molar-refractivity contribution in [2.45, 2.75) is 51.1 Å². The number of pyridine rings is 2. The monoisotopic (exact) mass is 533 g/mol. The van der Waals surface area contributed by atoms with Gasteiger partial charge in [-0.15, -0.1) is 0 Å². The second kappa shape index (κ2) is 10.7. The first-order chi connectivity index (χ1) is 17.2. The van der Waals surface area contributed by atoms with Crippen LogP contribution in [0.2, 0.25) is 0 Å². The summed E-state index contributed by atoms with van der Waals surface area (Å²) >= 11 is 0. The predicted molar refractivity (Wildman–Crippen MR) is 122 cm³/mol. The first-order valence-electron chi connectivity index (χ1n) is 11.2. The lowest BCUT2D eigenvalue weighted by Crippen LogP contribution is -2.51. The number of halogens is 6. The number of ether oxygens (including phenoxy) is 1. The number of H-pyrrole nitrogens is 1. The van der Waals surface area contributed by atoms with E-state index in [1.165, 1.54) is 37.7 Å². The number of carbonyl (C=O) groups excluding carboxylic acids is 1. The molecular formula is C23H25F6N5O3. The van der Waals surface area contributed by atoms with Gasteiger partial charge in [0.2, 0.25) is 5.88 Å². The fourth-order valence-corrected chi connectivity index (χ4v) is 3.89. The van der Waals surface area contributed by atoms with Crippen LogP contribution in [0.4, 0.5) is 31.1 Å². The molecule has 0 aliphatic carbocycles. The summed E-state index contributed by atoms with van der Waals surface area (Å²) in [6, 6.07) is 1.76. The number of alkyl halides is 6. The van der Waals surface area contributed by atoms with E-state index >= 15 is 0 Å². The maximum atomic E-state index is 13.3. The van der Waals surface area contributed by atoms with Crippen molar-refractivity contribution in [3.63, 3.8) is 0 Å². The van der Waals surface area contributed by atoms with Crippen molar-refractivity contribution in [2.24, 2.45) is 0 Å². The van der Waals surface area contributed by atoms with E-state index in [2.05, 4.69) is 10.1 Å². The number of carbonyl (C=O) groups is 1. The third-order valence-electron chi connectivity index (χ3n) is 5.87. The first kappa shape index (κ1) is 27.9. The molecule has 3 aromatic heterocycles. The largest absolute Gasteiger partial charge is 0.481 e. The number of hydrogen-bond acceptors (Lipinski definition) is 4. The molecule has 0 aliphatic rings. The number of methoxy groups -OCH3 is 1. The number of nitrogens with zero attached hydrogens (tertiary/aromatic N) is 3. The summed E-state index contributed by atoms with van der Waals surface area (Å²) < 4.78 is 84.3. The molecule has 0 aromatic carbocycles. The van der Waals surface area contributed by atoms with Gasteiger partial charge in [-0.05, 0) is 49.6 Å². The number of nitrogens with one attached hydrogen (secondary N) is 2. The average molecular weight is 533 g/mol. The summed E-state index contributed by atoms with van der Waals surface area (Å²) in [6.45, 7) is 2.99. The van der Waals surface area contributed by atoms with Gasteiger partial charge in [0.15, 0.2) is 0 Å².